The summed E-state index contributed by atoms with van der Waals surface area (Å²) in [5, 5.41) is 30.3. The third-order valence-electron chi connectivity index (χ3n) is 5.18. The van der Waals surface area contributed by atoms with E-state index in [9.17, 15) is 15.3 Å². The number of aromatic hydroxyl groups is 2. The Bertz CT molecular complexity index is 791. The van der Waals surface area contributed by atoms with Gasteiger partial charge in [-0.05, 0) is 49.6 Å². The summed E-state index contributed by atoms with van der Waals surface area (Å²) in [5.41, 5.74) is 5.72. The van der Waals surface area contributed by atoms with Crippen LogP contribution in [-0.2, 0) is 6.42 Å². The maximum Gasteiger partial charge on any atom is 0.200 e. The first-order valence-corrected chi connectivity index (χ1v) is 9.21. The molecule has 2 rings (SSSR count). The number of hydrogen-bond donors (Lipinski definition) is 3. The lowest BCUT2D eigenvalue weighted by Crippen LogP contribution is -2.44. The van der Waals surface area contributed by atoms with Crippen LogP contribution in [0.5, 0.6) is 17.2 Å². The third kappa shape index (κ3) is 4.93. The molecule has 0 radical (unpaired) electrons. The van der Waals surface area contributed by atoms with Crippen LogP contribution in [0.25, 0.3) is 0 Å². The van der Waals surface area contributed by atoms with Gasteiger partial charge >= 0.3 is 0 Å². The van der Waals surface area contributed by atoms with Crippen LogP contribution in [0.4, 0.5) is 0 Å². The van der Waals surface area contributed by atoms with E-state index in [0.29, 0.717) is 16.6 Å². The Kier molecular flexibility index (Phi) is 6.39. The summed E-state index contributed by atoms with van der Waals surface area (Å²) in [6.07, 6.45) is 0.108. The number of methoxy groups -OCH3 is 1. The predicted octanol–water partition coefficient (Wildman–Crippen LogP) is 3.38. The Morgan fingerprint density at radius 1 is 1.04 bits per heavy atom. The van der Waals surface area contributed by atoms with Crippen molar-refractivity contribution in [1.82, 2.24) is 0 Å². The summed E-state index contributed by atoms with van der Waals surface area (Å²) >= 11 is 0. The highest BCUT2D eigenvalue weighted by atomic mass is 16.5. The number of quaternary nitrogens is 1. The van der Waals surface area contributed by atoms with Gasteiger partial charge in [0.25, 0.3) is 0 Å². The number of ether oxygens (including phenoxy) is 1. The van der Waals surface area contributed by atoms with E-state index >= 15 is 0 Å². The molecule has 1 unspecified atom stereocenters. The van der Waals surface area contributed by atoms with Gasteiger partial charge in [0.2, 0.25) is 5.75 Å². The van der Waals surface area contributed by atoms with E-state index in [1.54, 1.807) is 6.07 Å². The number of aliphatic hydroxyl groups excluding tert-OH is 1. The van der Waals surface area contributed by atoms with Gasteiger partial charge in [0.05, 0.1) is 27.7 Å². The van der Waals surface area contributed by atoms with Crippen molar-refractivity contribution in [2.24, 2.45) is 0 Å². The third-order valence-corrected chi connectivity index (χ3v) is 5.18. The van der Waals surface area contributed by atoms with Gasteiger partial charge in [-0.2, -0.15) is 0 Å². The highest BCUT2D eigenvalue weighted by molar-refractivity contribution is 5.54. The zero-order chi connectivity index (χ0) is 20.4. The monoisotopic (exact) mass is 374 g/mol. The lowest BCUT2D eigenvalue weighted by Gasteiger charge is -2.33. The fourth-order valence-electron chi connectivity index (χ4n) is 3.73. The molecule has 148 valence electrons. The van der Waals surface area contributed by atoms with Crippen LogP contribution >= 0.6 is 0 Å². The molecule has 0 fully saturated rings. The maximum absolute atomic E-state index is 10.7. The second-order valence-electron chi connectivity index (χ2n) is 8.04. The van der Waals surface area contributed by atoms with Crippen LogP contribution in [0.15, 0.2) is 24.3 Å². The lowest BCUT2D eigenvalue weighted by atomic mass is 9.97. The van der Waals surface area contributed by atoms with E-state index in [-0.39, 0.29) is 17.2 Å². The molecule has 2 aromatic carbocycles. The highest BCUT2D eigenvalue weighted by Gasteiger charge is 2.26. The van der Waals surface area contributed by atoms with Crippen molar-refractivity contribution in [2.75, 3.05) is 34.3 Å². The molecule has 2 aromatic rings. The first-order valence-electron chi connectivity index (χ1n) is 9.21. The molecule has 0 spiro atoms. The zero-order valence-electron chi connectivity index (χ0n) is 17.2. The number of aliphatic hydroxyl groups is 1. The average molecular weight is 375 g/mol. The molecular weight excluding hydrogens is 342 g/mol. The van der Waals surface area contributed by atoms with Crippen molar-refractivity contribution in [2.45, 2.75) is 33.3 Å². The Labute approximate surface area is 162 Å². The van der Waals surface area contributed by atoms with Gasteiger partial charge in [0, 0.05) is 12.0 Å². The molecule has 0 aliphatic carbocycles. The van der Waals surface area contributed by atoms with Gasteiger partial charge in [0.15, 0.2) is 11.5 Å². The number of aryl methyl sites for hydroxylation is 3. The van der Waals surface area contributed by atoms with Crippen LogP contribution < -0.4 is 4.74 Å². The number of phenolic OH excluding ortho intramolecular Hbond substituents is 2. The summed E-state index contributed by atoms with van der Waals surface area (Å²) in [5.74, 6) is -0.486. The summed E-state index contributed by atoms with van der Waals surface area (Å²) in [7, 11) is 5.57. The van der Waals surface area contributed by atoms with Crippen molar-refractivity contribution in [1.29, 1.82) is 0 Å². The molecule has 5 heteroatoms. The Balaban J connectivity index is 2.14. The molecular formula is C22H32NO4+. The lowest BCUT2D eigenvalue weighted by molar-refractivity contribution is -0.893. The molecule has 5 nitrogen and oxygen atoms in total. The standard InChI is InChI=1S/C22H31NO4/c1-14-11-15(2)17(16(3)12-14)9-10-23(4,5)13-20(25)18-7-8-19(24)21(26)22(18)27-6/h7-8,11-12,20,25H,9-10,13H2,1-6H3,(H-,24,26)/p+1. The fourth-order valence-corrected chi connectivity index (χ4v) is 3.73. The zero-order valence-corrected chi connectivity index (χ0v) is 17.2. The molecule has 0 amide bonds. The van der Waals surface area contributed by atoms with E-state index in [2.05, 4.69) is 47.0 Å². The SMILES string of the molecule is COc1c(C(O)C[N+](C)(C)CCc2c(C)cc(C)cc2C)ccc(O)c1O. The summed E-state index contributed by atoms with van der Waals surface area (Å²) in [6.45, 7) is 7.74. The fraction of sp³-hybridized carbons (Fsp3) is 0.455. The molecule has 3 N–H and O–H groups in total. The van der Waals surface area contributed by atoms with Gasteiger partial charge in [-0.1, -0.05) is 17.7 Å². The number of hydrogen-bond acceptors (Lipinski definition) is 4. The Morgan fingerprint density at radius 2 is 1.63 bits per heavy atom. The first-order chi connectivity index (χ1) is 12.6. The highest BCUT2D eigenvalue weighted by Crippen LogP contribution is 2.40. The molecule has 0 bridgehead atoms. The molecule has 0 aliphatic rings. The van der Waals surface area contributed by atoms with Crippen molar-refractivity contribution in [3.8, 4) is 17.2 Å². The average Bonchev–Trinajstić information content (AvgIpc) is 2.55. The number of phenols is 2. The number of rotatable bonds is 7. The van der Waals surface area contributed by atoms with E-state index < -0.39 is 6.10 Å². The molecule has 0 heterocycles. The van der Waals surface area contributed by atoms with E-state index in [0.717, 1.165) is 13.0 Å². The van der Waals surface area contributed by atoms with Gasteiger partial charge in [-0.15, -0.1) is 0 Å². The largest absolute Gasteiger partial charge is 0.504 e. The molecule has 0 aromatic heterocycles. The molecule has 0 aliphatic heterocycles. The molecule has 27 heavy (non-hydrogen) atoms. The second-order valence-corrected chi connectivity index (χ2v) is 8.04. The Hall–Kier alpha value is -2.24. The minimum absolute atomic E-state index is 0.118. The van der Waals surface area contributed by atoms with Crippen molar-refractivity contribution in [3.05, 3.63) is 52.1 Å². The first kappa shape index (κ1) is 21.1. The minimum atomic E-state index is -0.818. The topological polar surface area (TPSA) is 69.9 Å². The van der Waals surface area contributed by atoms with Gasteiger partial charge in [0.1, 0.15) is 12.6 Å². The molecule has 0 saturated carbocycles. The smallest absolute Gasteiger partial charge is 0.200 e. The number of benzene rings is 2. The minimum Gasteiger partial charge on any atom is -0.504 e. The van der Waals surface area contributed by atoms with Crippen molar-refractivity contribution in [3.63, 3.8) is 0 Å². The maximum atomic E-state index is 10.7. The summed E-state index contributed by atoms with van der Waals surface area (Å²) in [6, 6.07) is 7.38. The molecule has 0 saturated heterocycles. The van der Waals surface area contributed by atoms with Crippen LogP contribution in [0.2, 0.25) is 0 Å². The van der Waals surface area contributed by atoms with E-state index in [4.69, 9.17) is 4.74 Å². The predicted molar refractivity (Wildman–Crippen MR) is 107 cm³/mol. The van der Waals surface area contributed by atoms with E-state index in [1.165, 1.54) is 35.4 Å². The van der Waals surface area contributed by atoms with Crippen molar-refractivity contribution < 1.29 is 24.5 Å². The normalized spacial score (nSPS) is 12.9. The van der Waals surface area contributed by atoms with Gasteiger partial charge in [-0.3, -0.25) is 0 Å². The summed E-state index contributed by atoms with van der Waals surface area (Å²) in [4.78, 5) is 0. The second kappa shape index (κ2) is 8.19. The number of likely N-dealkylation sites (N-methyl/N-ethyl adjacent to an activating group) is 1. The summed E-state index contributed by atoms with van der Waals surface area (Å²) < 4.78 is 5.80. The van der Waals surface area contributed by atoms with Crippen LogP contribution in [-0.4, -0.2) is 54.1 Å². The Morgan fingerprint density at radius 3 is 2.19 bits per heavy atom. The molecule has 1 atom stereocenters. The van der Waals surface area contributed by atoms with Crippen molar-refractivity contribution >= 4 is 0 Å². The van der Waals surface area contributed by atoms with Gasteiger partial charge in [-0.25, -0.2) is 0 Å². The van der Waals surface area contributed by atoms with Crippen LogP contribution in [0.1, 0.15) is 33.9 Å². The van der Waals surface area contributed by atoms with Gasteiger partial charge < -0.3 is 24.5 Å². The quantitative estimate of drug-likeness (QED) is 0.513. The number of nitrogens with zero attached hydrogens (tertiary/aromatic N) is 1. The van der Waals surface area contributed by atoms with Crippen LogP contribution in [0, 0.1) is 20.8 Å². The van der Waals surface area contributed by atoms with E-state index in [1.807, 2.05) is 0 Å². The van der Waals surface area contributed by atoms with Crippen LogP contribution in [0.3, 0.4) is 0 Å².